The molecule has 1 aromatic rings. The zero-order valence-corrected chi connectivity index (χ0v) is 24.6. The molecule has 12 heteroatoms. The Kier molecular flexibility index (Phi) is 20.6. The van der Waals surface area contributed by atoms with Gasteiger partial charge >= 0.3 is 5.96 Å². The quantitative estimate of drug-likeness (QED) is 0.0467. The van der Waals surface area contributed by atoms with E-state index in [0.29, 0.717) is 50.6 Å². The van der Waals surface area contributed by atoms with Crippen LogP contribution in [0.4, 0.5) is 4.39 Å². The molecule has 1 aliphatic carbocycles. The fourth-order valence-electron chi connectivity index (χ4n) is 4.67. The summed E-state index contributed by atoms with van der Waals surface area (Å²) in [7, 11) is 0. The van der Waals surface area contributed by atoms with Crippen molar-refractivity contribution in [2.45, 2.75) is 102 Å². The van der Waals surface area contributed by atoms with Crippen molar-refractivity contribution < 1.29 is 50.2 Å². The Morgan fingerprint density at radius 1 is 1.07 bits per heavy atom. The van der Waals surface area contributed by atoms with E-state index < -0.39 is 36.3 Å². The Hall–Kier alpha value is -3.24. The number of hydrogen-bond acceptors (Lipinski definition) is 7. The average molecular weight is 597 g/mol. The highest BCUT2D eigenvalue weighted by atomic mass is 19.1. The molecule has 0 bridgehead atoms. The fraction of sp³-hybridized carbons (Fsp3) is 0.633. The van der Waals surface area contributed by atoms with Crippen LogP contribution >= 0.6 is 0 Å². The average Bonchev–Trinajstić information content (AvgIpc) is 3.20. The lowest BCUT2D eigenvalue weighted by Crippen LogP contribution is -2.78. The van der Waals surface area contributed by atoms with Gasteiger partial charge in [0.05, 0.1) is 24.7 Å². The number of aliphatic carboxylic acids is 2. The minimum atomic E-state index is -1.13. The lowest BCUT2D eigenvalue weighted by Gasteiger charge is -2.24. The molecule has 0 spiro atoms. The molecule has 2 rings (SSSR count). The number of rotatable bonds is 15. The Balaban J connectivity index is 0.000000698. The van der Waals surface area contributed by atoms with Crippen LogP contribution in [0.1, 0.15) is 76.2 Å². The predicted octanol–water partition coefficient (Wildman–Crippen LogP) is -3.18. The summed E-state index contributed by atoms with van der Waals surface area (Å²) < 4.78 is 12.3. The smallest absolute Gasteiger partial charge is 0.338 e. The molecule has 0 aliphatic heterocycles. The van der Waals surface area contributed by atoms with Gasteiger partial charge in [-0.05, 0) is 75.3 Å². The molecule has 1 aromatic carbocycles. The number of guanidine groups is 1. The Morgan fingerprint density at radius 2 is 1.67 bits per heavy atom. The zero-order valence-electron chi connectivity index (χ0n) is 24.6. The maximum Gasteiger partial charge on any atom is 0.338 e. The van der Waals surface area contributed by atoms with E-state index in [1.807, 2.05) is 6.07 Å². The third kappa shape index (κ3) is 18.2. The van der Waals surface area contributed by atoms with Gasteiger partial charge in [0.2, 0.25) is 0 Å². The number of nitrogens with one attached hydrogen (secondary N) is 1. The van der Waals surface area contributed by atoms with Crippen molar-refractivity contribution in [3.05, 3.63) is 35.6 Å². The summed E-state index contributed by atoms with van der Waals surface area (Å²) >= 11 is 0. The summed E-state index contributed by atoms with van der Waals surface area (Å²) in [6, 6.07) is 6.04. The molecule has 42 heavy (non-hydrogen) atoms. The highest BCUT2D eigenvalue weighted by Crippen LogP contribution is 2.39. The first-order valence-electron chi connectivity index (χ1n) is 14.4. The molecule has 1 fully saturated rings. The van der Waals surface area contributed by atoms with E-state index in [1.54, 1.807) is 19.1 Å². The zero-order chi connectivity index (χ0) is 32.1. The highest BCUT2D eigenvalue weighted by Gasteiger charge is 2.40. The van der Waals surface area contributed by atoms with Crippen LogP contribution < -0.4 is 32.4 Å². The van der Waals surface area contributed by atoms with Gasteiger partial charge in [-0.3, -0.25) is 16.5 Å². The van der Waals surface area contributed by atoms with E-state index in [2.05, 4.69) is 16.6 Å². The predicted molar refractivity (Wildman–Crippen MR) is 152 cm³/mol. The van der Waals surface area contributed by atoms with Crippen LogP contribution in [0.25, 0.3) is 0 Å². The number of unbranched alkanes of at least 4 members (excludes halogenated alkanes) is 3. The standard InChI is InChI=1S/C17H28O5.C7H7F.C6H14N4O2/c1-2-12(18)9-10-14-13(15(19)11-16(14)20)7-5-3-4-6-8-17(21)22;1-6-4-2-3-5-7(6)8;7-4(5(11)12)2-1-3-10-6(8)9/h1,12-16,18-20H,3-11H2,(H,21,22);2-5H,1H3;4H,1-3,7H2,(H,11,12)(H4,8,9,10)/t12-,13+,14+,15-,16+;;4-/m0.0/s1. The molecular formula is C30H49FN4O7. The van der Waals surface area contributed by atoms with Crippen LogP contribution in [-0.4, -0.2) is 64.1 Å². The molecule has 0 amide bonds. The number of halogens is 1. The number of aryl methyl sites for hydroxylation is 1. The number of carbonyl (C=O) groups is 2. The molecule has 238 valence electrons. The number of aliphatic hydroxyl groups is 3. The van der Waals surface area contributed by atoms with Crippen LogP contribution in [0.3, 0.4) is 0 Å². The van der Waals surface area contributed by atoms with Gasteiger partial charge < -0.3 is 40.9 Å². The maximum atomic E-state index is 12.3. The third-order valence-corrected chi connectivity index (χ3v) is 7.12. The number of aliphatic hydroxyl groups excluding tert-OH is 3. The van der Waals surface area contributed by atoms with E-state index in [-0.39, 0.29) is 30.0 Å². The van der Waals surface area contributed by atoms with Crippen molar-refractivity contribution in [2.24, 2.45) is 23.3 Å². The molecule has 6 atom stereocenters. The van der Waals surface area contributed by atoms with Crippen molar-refractivity contribution >= 4 is 17.9 Å². The molecule has 11 N–H and O–H groups in total. The normalized spacial score (nSPS) is 20.5. The second-order valence-corrected chi connectivity index (χ2v) is 10.6. The largest absolute Gasteiger partial charge is 0.550 e. The number of carboxylic acid groups (broad SMARTS) is 2. The number of nitrogens with two attached hydrogens (primary N) is 2. The first-order chi connectivity index (χ1) is 19.8. The summed E-state index contributed by atoms with van der Waals surface area (Å²) in [6.07, 6.45) is 10.0. The number of carboxylic acids is 2. The van der Waals surface area contributed by atoms with Gasteiger partial charge in [0.25, 0.3) is 0 Å². The number of carbonyl (C=O) groups excluding carboxylic acids is 2. The van der Waals surface area contributed by atoms with Crippen LogP contribution in [-0.2, 0) is 9.59 Å². The Morgan fingerprint density at radius 3 is 2.17 bits per heavy atom. The summed E-state index contributed by atoms with van der Waals surface area (Å²) in [5.74, 6) is 0.139. The first-order valence-corrected chi connectivity index (χ1v) is 14.4. The maximum absolute atomic E-state index is 12.3. The van der Waals surface area contributed by atoms with Gasteiger partial charge in [0.1, 0.15) is 18.0 Å². The van der Waals surface area contributed by atoms with Gasteiger partial charge in [-0.2, -0.15) is 0 Å². The van der Waals surface area contributed by atoms with Crippen molar-refractivity contribution in [3.63, 3.8) is 0 Å². The molecule has 1 saturated carbocycles. The third-order valence-electron chi connectivity index (χ3n) is 7.12. The number of terminal acetylenes is 1. The minimum Gasteiger partial charge on any atom is -0.550 e. The van der Waals surface area contributed by atoms with E-state index in [0.717, 1.165) is 25.7 Å². The van der Waals surface area contributed by atoms with E-state index >= 15 is 0 Å². The SMILES string of the molecule is C#C[C@H](O)CC[C@@H]1[C@@H](CCCCCCC(=O)[O-])[C@@H](O)C[C@H]1O.Cc1ccccc1F.NC(N)=[NH+]CCC[C@H]([NH3+])C(=O)[O-]. The lowest BCUT2D eigenvalue weighted by atomic mass is 9.85. The summed E-state index contributed by atoms with van der Waals surface area (Å²) in [5.41, 5.74) is 14.3. The molecule has 11 nitrogen and oxygen atoms in total. The summed E-state index contributed by atoms with van der Waals surface area (Å²) in [5, 5.41) is 50.1. The van der Waals surface area contributed by atoms with Gasteiger partial charge in [0, 0.05) is 12.4 Å². The molecule has 0 saturated heterocycles. The van der Waals surface area contributed by atoms with Gasteiger partial charge in [-0.1, -0.05) is 43.4 Å². The van der Waals surface area contributed by atoms with Crippen LogP contribution in [0, 0.1) is 36.9 Å². The molecule has 1 aliphatic rings. The summed E-state index contributed by atoms with van der Waals surface area (Å²) in [6.45, 7) is 2.30. The van der Waals surface area contributed by atoms with Crippen LogP contribution in [0.15, 0.2) is 24.3 Å². The number of hydrogen-bond donors (Lipinski definition) is 7. The van der Waals surface area contributed by atoms with Crippen LogP contribution in [0.5, 0.6) is 0 Å². The van der Waals surface area contributed by atoms with E-state index in [4.69, 9.17) is 17.9 Å². The molecular weight excluding hydrogens is 547 g/mol. The van der Waals surface area contributed by atoms with E-state index in [9.17, 15) is 39.5 Å². The molecule has 0 aromatic heterocycles. The van der Waals surface area contributed by atoms with Crippen molar-refractivity contribution in [1.82, 2.24) is 0 Å². The van der Waals surface area contributed by atoms with Crippen LogP contribution in [0.2, 0.25) is 0 Å². The van der Waals surface area contributed by atoms with Gasteiger partial charge in [-0.25, -0.2) is 4.39 Å². The van der Waals surface area contributed by atoms with Crippen molar-refractivity contribution in [1.29, 1.82) is 0 Å². The molecule has 0 heterocycles. The fourth-order valence-corrected chi connectivity index (χ4v) is 4.67. The van der Waals surface area contributed by atoms with E-state index in [1.165, 1.54) is 6.07 Å². The van der Waals surface area contributed by atoms with Crippen molar-refractivity contribution in [2.75, 3.05) is 6.54 Å². The van der Waals surface area contributed by atoms with Crippen molar-refractivity contribution in [3.8, 4) is 12.3 Å². The first kappa shape index (κ1) is 38.8. The lowest BCUT2D eigenvalue weighted by molar-refractivity contribution is -0.466. The number of quaternary nitrogens is 1. The minimum absolute atomic E-state index is 0.0266. The number of benzene rings is 1. The second kappa shape index (κ2) is 22.4. The Bertz CT molecular complexity index is 964. The van der Waals surface area contributed by atoms with Gasteiger partial charge in [-0.15, -0.1) is 6.42 Å². The second-order valence-electron chi connectivity index (χ2n) is 10.6. The summed E-state index contributed by atoms with van der Waals surface area (Å²) in [4.78, 5) is 23.2. The molecule has 0 radical (unpaired) electrons. The molecule has 0 unspecified atom stereocenters. The topological polar surface area (TPSA) is 235 Å². The monoisotopic (exact) mass is 596 g/mol. The Labute approximate surface area is 248 Å². The highest BCUT2D eigenvalue weighted by molar-refractivity contribution is 5.69. The van der Waals surface area contributed by atoms with Gasteiger partial charge in [0.15, 0.2) is 0 Å².